The maximum atomic E-state index is 13.7. The molecule has 0 aliphatic carbocycles. The molecule has 0 unspecified atom stereocenters. The molecule has 20 heavy (non-hydrogen) atoms. The van der Waals surface area contributed by atoms with E-state index in [9.17, 15) is 8.78 Å². The number of hydrogen-bond donors (Lipinski definition) is 1. The van der Waals surface area contributed by atoms with Gasteiger partial charge in [-0.25, -0.2) is 13.8 Å². The highest BCUT2D eigenvalue weighted by molar-refractivity contribution is 9.10. The molecule has 0 aliphatic rings. The second-order valence-electron chi connectivity index (χ2n) is 4.17. The molecule has 0 saturated carbocycles. The number of para-hydroxylation sites is 1. The number of anilines is 1. The number of hydrogen-bond acceptors (Lipinski definition) is 3. The summed E-state index contributed by atoms with van der Waals surface area (Å²) in [5.41, 5.74) is 1.17. The number of fused-ring (bicyclic) bond motifs is 1. The summed E-state index contributed by atoms with van der Waals surface area (Å²) in [5.74, 6) is -1.24. The Bertz CT molecular complexity index is 717. The summed E-state index contributed by atoms with van der Waals surface area (Å²) in [6, 6.07) is 9.88. The van der Waals surface area contributed by atoms with Gasteiger partial charge in [0.2, 0.25) is 0 Å². The van der Waals surface area contributed by atoms with Gasteiger partial charge in [-0.05, 0) is 34.1 Å². The average Bonchev–Trinajstić information content (AvgIpc) is 2.80. The van der Waals surface area contributed by atoms with Crippen LogP contribution in [0.2, 0.25) is 0 Å². The third-order valence-corrected chi connectivity index (χ3v) is 4.42. The first-order chi connectivity index (χ1) is 9.63. The van der Waals surface area contributed by atoms with Crippen LogP contribution < -0.4 is 5.32 Å². The number of benzene rings is 2. The Morgan fingerprint density at radius 3 is 2.75 bits per heavy atom. The molecule has 0 spiro atoms. The van der Waals surface area contributed by atoms with E-state index in [1.165, 1.54) is 6.07 Å². The van der Waals surface area contributed by atoms with Gasteiger partial charge in [-0.1, -0.05) is 12.1 Å². The van der Waals surface area contributed by atoms with Crippen LogP contribution in [0.5, 0.6) is 0 Å². The summed E-state index contributed by atoms with van der Waals surface area (Å²) in [6.45, 7) is 0.389. The van der Waals surface area contributed by atoms with Crippen molar-refractivity contribution in [1.82, 2.24) is 4.98 Å². The molecule has 1 aromatic heterocycles. The van der Waals surface area contributed by atoms with E-state index in [-0.39, 0.29) is 5.69 Å². The van der Waals surface area contributed by atoms with E-state index < -0.39 is 11.6 Å². The van der Waals surface area contributed by atoms with Crippen molar-refractivity contribution in [2.45, 2.75) is 6.54 Å². The van der Waals surface area contributed by atoms with E-state index in [4.69, 9.17) is 0 Å². The maximum Gasteiger partial charge on any atom is 0.150 e. The summed E-state index contributed by atoms with van der Waals surface area (Å²) in [6.07, 6.45) is 0. The summed E-state index contributed by atoms with van der Waals surface area (Å²) < 4.78 is 28.1. The van der Waals surface area contributed by atoms with Crippen LogP contribution in [-0.2, 0) is 6.54 Å². The maximum absolute atomic E-state index is 13.7. The zero-order chi connectivity index (χ0) is 14.1. The minimum Gasteiger partial charge on any atom is -0.375 e. The fraction of sp³-hybridized carbons (Fsp3) is 0.0714. The summed E-state index contributed by atoms with van der Waals surface area (Å²) in [4.78, 5) is 4.45. The lowest BCUT2D eigenvalue weighted by Crippen LogP contribution is -2.02. The molecule has 0 bridgehead atoms. The molecular formula is C14H9BrF2N2S. The second kappa shape index (κ2) is 5.46. The first kappa shape index (κ1) is 13.5. The van der Waals surface area contributed by atoms with Crippen molar-refractivity contribution < 1.29 is 8.78 Å². The van der Waals surface area contributed by atoms with Crippen LogP contribution in [-0.4, -0.2) is 4.98 Å². The standard InChI is InChI=1S/C14H9BrF2N2S/c15-9-5-8(16)6-10(17)14(9)18-7-13-19-11-3-1-2-4-12(11)20-13/h1-6,18H,7H2. The molecule has 102 valence electrons. The normalized spacial score (nSPS) is 10.9. The van der Waals surface area contributed by atoms with Crippen molar-refractivity contribution in [3.05, 3.63) is 57.5 Å². The van der Waals surface area contributed by atoms with Gasteiger partial charge in [0.1, 0.15) is 16.6 Å². The summed E-state index contributed by atoms with van der Waals surface area (Å²) in [7, 11) is 0. The van der Waals surface area contributed by atoms with Crippen LogP contribution in [0.1, 0.15) is 5.01 Å². The number of nitrogens with zero attached hydrogens (tertiary/aromatic N) is 1. The molecule has 0 fully saturated rings. The van der Waals surface area contributed by atoms with E-state index in [0.29, 0.717) is 11.0 Å². The molecule has 0 radical (unpaired) electrons. The van der Waals surface area contributed by atoms with Gasteiger partial charge < -0.3 is 5.32 Å². The highest BCUT2D eigenvalue weighted by Crippen LogP contribution is 2.28. The van der Waals surface area contributed by atoms with Crippen LogP contribution in [0.25, 0.3) is 10.2 Å². The van der Waals surface area contributed by atoms with Gasteiger partial charge in [-0.3, -0.25) is 0 Å². The van der Waals surface area contributed by atoms with E-state index in [1.807, 2.05) is 24.3 Å². The molecule has 2 aromatic carbocycles. The first-order valence-electron chi connectivity index (χ1n) is 5.86. The number of rotatable bonds is 3. The number of thiazole rings is 1. The molecule has 0 atom stereocenters. The first-order valence-corrected chi connectivity index (χ1v) is 7.47. The SMILES string of the molecule is Fc1cc(F)c(NCc2nc3ccccc3s2)c(Br)c1. The Morgan fingerprint density at radius 2 is 2.00 bits per heavy atom. The Balaban J connectivity index is 1.83. The second-order valence-corrected chi connectivity index (χ2v) is 6.14. The van der Waals surface area contributed by atoms with E-state index in [1.54, 1.807) is 11.3 Å². The summed E-state index contributed by atoms with van der Waals surface area (Å²) in [5, 5.41) is 3.79. The smallest absolute Gasteiger partial charge is 0.150 e. The molecule has 0 aliphatic heterocycles. The van der Waals surface area contributed by atoms with Crippen molar-refractivity contribution in [1.29, 1.82) is 0 Å². The van der Waals surface area contributed by atoms with Gasteiger partial charge in [0.05, 0.1) is 22.4 Å². The van der Waals surface area contributed by atoms with Gasteiger partial charge in [0, 0.05) is 10.5 Å². The minimum atomic E-state index is -0.627. The van der Waals surface area contributed by atoms with Crippen molar-refractivity contribution in [3.63, 3.8) is 0 Å². The molecule has 1 N–H and O–H groups in total. The Hall–Kier alpha value is -1.53. The zero-order valence-electron chi connectivity index (χ0n) is 10.2. The zero-order valence-corrected chi connectivity index (χ0v) is 12.6. The lowest BCUT2D eigenvalue weighted by atomic mass is 10.3. The summed E-state index contributed by atoms with van der Waals surface area (Å²) >= 11 is 4.69. The predicted molar refractivity (Wildman–Crippen MR) is 81.0 cm³/mol. The fourth-order valence-electron chi connectivity index (χ4n) is 1.87. The van der Waals surface area contributed by atoms with Gasteiger partial charge in [-0.15, -0.1) is 11.3 Å². The van der Waals surface area contributed by atoms with Crippen LogP contribution >= 0.6 is 27.3 Å². The quantitative estimate of drug-likeness (QED) is 0.719. The van der Waals surface area contributed by atoms with Crippen molar-refractivity contribution >= 4 is 43.2 Å². The van der Waals surface area contributed by atoms with Crippen molar-refractivity contribution in [3.8, 4) is 0 Å². The minimum absolute atomic E-state index is 0.241. The lowest BCUT2D eigenvalue weighted by Gasteiger charge is -2.08. The van der Waals surface area contributed by atoms with Gasteiger partial charge in [0.25, 0.3) is 0 Å². The highest BCUT2D eigenvalue weighted by Gasteiger charge is 2.10. The molecular weight excluding hydrogens is 346 g/mol. The largest absolute Gasteiger partial charge is 0.375 e. The van der Waals surface area contributed by atoms with Crippen molar-refractivity contribution in [2.24, 2.45) is 0 Å². The number of halogens is 3. The van der Waals surface area contributed by atoms with Crippen LogP contribution in [0.3, 0.4) is 0 Å². The van der Waals surface area contributed by atoms with Gasteiger partial charge in [-0.2, -0.15) is 0 Å². The molecule has 0 saturated heterocycles. The Morgan fingerprint density at radius 1 is 1.20 bits per heavy atom. The lowest BCUT2D eigenvalue weighted by molar-refractivity contribution is 0.583. The third-order valence-electron chi connectivity index (χ3n) is 2.76. The highest BCUT2D eigenvalue weighted by atomic mass is 79.9. The average molecular weight is 355 g/mol. The monoisotopic (exact) mass is 354 g/mol. The number of aromatic nitrogens is 1. The Kier molecular flexibility index (Phi) is 3.67. The van der Waals surface area contributed by atoms with E-state index in [2.05, 4.69) is 26.2 Å². The fourth-order valence-corrected chi connectivity index (χ4v) is 3.33. The molecule has 6 heteroatoms. The van der Waals surface area contributed by atoms with Crippen LogP contribution in [0.15, 0.2) is 40.9 Å². The molecule has 1 heterocycles. The molecule has 0 amide bonds. The number of nitrogens with one attached hydrogen (secondary N) is 1. The van der Waals surface area contributed by atoms with Crippen LogP contribution in [0, 0.1) is 11.6 Å². The van der Waals surface area contributed by atoms with E-state index in [0.717, 1.165) is 21.3 Å². The molecule has 3 aromatic rings. The van der Waals surface area contributed by atoms with Gasteiger partial charge in [0.15, 0.2) is 0 Å². The Labute approximate surface area is 126 Å². The van der Waals surface area contributed by atoms with Crippen molar-refractivity contribution in [2.75, 3.05) is 5.32 Å². The van der Waals surface area contributed by atoms with Gasteiger partial charge >= 0.3 is 0 Å². The molecule has 2 nitrogen and oxygen atoms in total. The topological polar surface area (TPSA) is 24.9 Å². The predicted octanol–water partition coefficient (Wildman–Crippen LogP) is 4.95. The molecule has 3 rings (SSSR count). The third kappa shape index (κ3) is 2.66. The van der Waals surface area contributed by atoms with E-state index >= 15 is 0 Å². The van der Waals surface area contributed by atoms with Crippen LogP contribution in [0.4, 0.5) is 14.5 Å².